The van der Waals surface area contributed by atoms with Crippen LogP contribution in [-0.2, 0) is 21.3 Å². The van der Waals surface area contributed by atoms with Crippen LogP contribution in [0.3, 0.4) is 0 Å². The Balaban J connectivity index is 2.41. The Morgan fingerprint density at radius 1 is 1.00 bits per heavy atom. The largest absolute Gasteiger partial charge is 0.497 e. The minimum absolute atomic E-state index is 0.0347. The summed E-state index contributed by atoms with van der Waals surface area (Å²) >= 11 is 0. The van der Waals surface area contributed by atoms with Gasteiger partial charge in [-0.3, -0.25) is 0 Å². The van der Waals surface area contributed by atoms with Crippen LogP contribution in [0.5, 0.6) is 5.75 Å². The summed E-state index contributed by atoms with van der Waals surface area (Å²) in [5.41, 5.74) is 0.739. The highest BCUT2D eigenvalue weighted by Crippen LogP contribution is 2.23. The highest BCUT2D eigenvalue weighted by molar-refractivity contribution is 7.89. The first-order valence-corrected chi connectivity index (χ1v) is 9.92. The molecule has 0 saturated heterocycles. The molecule has 146 valence electrons. The Kier molecular flexibility index (Phi) is 6.15. The van der Waals surface area contributed by atoms with Crippen molar-refractivity contribution in [3.05, 3.63) is 59.7 Å². The Bertz CT molecular complexity index is 881. The van der Waals surface area contributed by atoms with Crippen LogP contribution in [0.25, 0.3) is 0 Å². The highest BCUT2D eigenvalue weighted by atomic mass is 32.2. The van der Waals surface area contributed by atoms with E-state index >= 15 is 0 Å². The van der Waals surface area contributed by atoms with Crippen LogP contribution in [0, 0.1) is 6.92 Å². The molecule has 2 aromatic rings. The summed E-state index contributed by atoms with van der Waals surface area (Å²) in [7, 11) is -2.53. The van der Waals surface area contributed by atoms with Crippen LogP contribution in [0.2, 0.25) is 0 Å². The van der Waals surface area contributed by atoms with Gasteiger partial charge < -0.3 is 9.47 Å². The van der Waals surface area contributed by atoms with Crippen LogP contribution >= 0.6 is 0 Å². The van der Waals surface area contributed by atoms with E-state index in [1.807, 2.05) is 6.92 Å². The lowest BCUT2D eigenvalue weighted by Gasteiger charge is -2.27. The van der Waals surface area contributed by atoms with Crippen LogP contribution in [0.1, 0.15) is 31.9 Å². The van der Waals surface area contributed by atoms with Crippen molar-refractivity contribution in [2.45, 2.75) is 44.7 Å². The molecule has 0 aliphatic heterocycles. The van der Waals surface area contributed by atoms with Crippen molar-refractivity contribution < 1.29 is 22.7 Å². The van der Waals surface area contributed by atoms with E-state index in [1.54, 1.807) is 64.3 Å². The van der Waals surface area contributed by atoms with Gasteiger partial charge in [0.05, 0.1) is 18.6 Å². The predicted octanol–water partition coefficient (Wildman–Crippen LogP) is 4.13. The topological polar surface area (TPSA) is 72.9 Å². The van der Waals surface area contributed by atoms with Gasteiger partial charge in [-0.2, -0.15) is 4.31 Å². The Labute approximate surface area is 160 Å². The maximum absolute atomic E-state index is 13.1. The smallest absolute Gasteiger partial charge is 0.424 e. The van der Waals surface area contributed by atoms with E-state index < -0.39 is 21.7 Å². The molecular weight excluding hydrogens is 366 g/mol. The summed E-state index contributed by atoms with van der Waals surface area (Å²) in [5, 5.41) is 0. The average molecular weight is 391 g/mol. The van der Waals surface area contributed by atoms with Crippen molar-refractivity contribution in [3.8, 4) is 5.75 Å². The third kappa shape index (κ3) is 5.47. The third-order valence-electron chi connectivity index (χ3n) is 3.69. The van der Waals surface area contributed by atoms with Gasteiger partial charge in [0.1, 0.15) is 11.4 Å². The maximum Gasteiger partial charge on any atom is 0.424 e. The molecule has 0 unspecified atom stereocenters. The molecule has 6 nitrogen and oxygen atoms in total. The second kappa shape index (κ2) is 8.00. The van der Waals surface area contributed by atoms with Crippen LogP contribution in [0.15, 0.2) is 53.4 Å². The first-order valence-electron chi connectivity index (χ1n) is 8.48. The number of hydrogen-bond donors (Lipinski definition) is 0. The third-order valence-corrected chi connectivity index (χ3v) is 5.42. The lowest BCUT2D eigenvalue weighted by molar-refractivity contribution is 0.0381. The van der Waals surface area contributed by atoms with Crippen LogP contribution in [0.4, 0.5) is 4.79 Å². The number of sulfonamides is 1. The van der Waals surface area contributed by atoms with Gasteiger partial charge in [-0.25, -0.2) is 13.2 Å². The van der Waals surface area contributed by atoms with Crippen LogP contribution < -0.4 is 4.74 Å². The van der Waals surface area contributed by atoms with Crippen molar-refractivity contribution >= 4 is 16.1 Å². The van der Waals surface area contributed by atoms with Gasteiger partial charge in [0.25, 0.3) is 10.0 Å². The van der Waals surface area contributed by atoms with E-state index in [2.05, 4.69) is 0 Å². The molecule has 0 heterocycles. The fraction of sp³-hybridized carbons (Fsp3) is 0.350. The second-order valence-electron chi connectivity index (χ2n) is 7.15. The molecular formula is C20H25NO5S. The molecule has 0 radical (unpaired) electrons. The van der Waals surface area contributed by atoms with Gasteiger partial charge >= 0.3 is 6.09 Å². The Morgan fingerprint density at radius 3 is 2.04 bits per heavy atom. The van der Waals surface area contributed by atoms with Gasteiger partial charge in [0, 0.05) is 0 Å². The van der Waals surface area contributed by atoms with Crippen molar-refractivity contribution in [2.24, 2.45) is 0 Å². The number of benzene rings is 2. The van der Waals surface area contributed by atoms with E-state index in [0.717, 1.165) is 9.87 Å². The van der Waals surface area contributed by atoms with E-state index in [4.69, 9.17) is 9.47 Å². The zero-order valence-electron chi connectivity index (χ0n) is 16.2. The van der Waals surface area contributed by atoms with Crippen molar-refractivity contribution in [1.29, 1.82) is 0 Å². The zero-order valence-corrected chi connectivity index (χ0v) is 17.0. The number of aryl methyl sites for hydroxylation is 1. The first-order chi connectivity index (χ1) is 12.5. The molecule has 0 atom stereocenters. The summed E-state index contributed by atoms with van der Waals surface area (Å²) in [6.45, 7) is 6.79. The fourth-order valence-electron chi connectivity index (χ4n) is 2.29. The van der Waals surface area contributed by atoms with E-state index in [0.29, 0.717) is 11.3 Å². The SMILES string of the molecule is COc1ccc(CN(C(=O)OC(C)(C)C)S(=O)(=O)c2ccc(C)cc2)cc1. The average Bonchev–Trinajstić information content (AvgIpc) is 2.58. The molecule has 0 aromatic heterocycles. The molecule has 2 aromatic carbocycles. The number of amides is 1. The van der Waals surface area contributed by atoms with Crippen molar-refractivity contribution in [3.63, 3.8) is 0 Å². The van der Waals surface area contributed by atoms with E-state index in [9.17, 15) is 13.2 Å². The number of carbonyl (C=O) groups is 1. The lowest BCUT2D eigenvalue weighted by Crippen LogP contribution is -2.40. The zero-order chi connectivity index (χ0) is 20.2. The quantitative estimate of drug-likeness (QED) is 0.766. The number of nitrogens with zero attached hydrogens (tertiary/aromatic N) is 1. The molecule has 0 bridgehead atoms. The molecule has 0 aliphatic carbocycles. The number of methoxy groups -OCH3 is 1. The first kappa shape index (κ1) is 20.8. The lowest BCUT2D eigenvalue weighted by atomic mass is 10.2. The molecule has 0 saturated carbocycles. The molecule has 7 heteroatoms. The van der Waals surface area contributed by atoms with E-state index in [1.165, 1.54) is 12.1 Å². The fourth-order valence-corrected chi connectivity index (χ4v) is 3.58. The molecule has 1 amide bonds. The summed E-state index contributed by atoms with van der Waals surface area (Å²) < 4.78 is 37.4. The summed E-state index contributed by atoms with van der Waals surface area (Å²) in [4.78, 5) is 12.7. The van der Waals surface area contributed by atoms with Gasteiger partial charge in [-0.05, 0) is 57.5 Å². The summed E-state index contributed by atoms with van der Waals surface area (Å²) in [6, 6.07) is 13.2. The minimum Gasteiger partial charge on any atom is -0.497 e. The number of ether oxygens (including phenoxy) is 2. The van der Waals surface area contributed by atoms with Crippen molar-refractivity contribution in [2.75, 3.05) is 7.11 Å². The second-order valence-corrected chi connectivity index (χ2v) is 9.02. The normalized spacial score (nSPS) is 11.7. The molecule has 2 rings (SSSR count). The summed E-state index contributed by atoms with van der Waals surface area (Å²) in [6.07, 6.45) is -0.918. The Morgan fingerprint density at radius 2 is 1.56 bits per heavy atom. The molecule has 0 spiro atoms. The predicted molar refractivity (Wildman–Crippen MR) is 103 cm³/mol. The maximum atomic E-state index is 13.1. The summed E-state index contributed by atoms with van der Waals surface area (Å²) in [5.74, 6) is 0.643. The molecule has 0 N–H and O–H groups in total. The standard InChI is InChI=1S/C20H25NO5S/c1-15-6-12-18(13-7-15)27(23,24)21(19(22)26-20(2,3)4)14-16-8-10-17(25-5)11-9-16/h6-13H,14H2,1-5H3. The van der Waals surface area contributed by atoms with Crippen LogP contribution in [-0.4, -0.2) is 31.5 Å². The van der Waals surface area contributed by atoms with Gasteiger partial charge in [-0.1, -0.05) is 29.8 Å². The minimum atomic E-state index is -4.08. The molecule has 0 aliphatic rings. The molecule has 27 heavy (non-hydrogen) atoms. The Hall–Kier alpha value is -2.54. The molecule has 0 fully saturated rings. The van der Waals surface area contributed by atoms with Crippen molar-refractivity contribution in [1.82, 2.24) is 4.31 Å². The number of hydrogen-bond acceptors (Lipinski definition) is 5. The van der Waals surface area contributed by atoms with Gasteiger partial charge in [-0.15, -0.1) is 0 Å². The highest BCUT2D eigenvalue weighted by Gasteiger charge is 2.33. The van der Waals surface area contributed by atoms with E-state index in [-0.39, 0.29) is 11.4 Å². The number of carbonyl (C=O) groups excluding carboxylic acids is 1. The number of rotatable bonds is 5. The van der Waals surface area contributed by atoms with Gasteiger partial charge in [0.15, 0.2) is 0 Å². The van der Waals surface area contributed by atoms with Gasteiger partial charge in [0.2, 0.25) is 0 Å². The monoisotopic (exact) mass is 391 g/mol.